The Labute approximate surface area is 120 Å². The second kappa shape index (κ2) is 5.92. The molecule has 1 saturated heterocycles. The predicted octanol–water partition coefficient (Wildman–Crippen LogP) is 2.04. The van der Waals surface area contributed by atoms with Crippen molar-refractivity contribution < 1.29 is 9.84 Å². The van der Waals surface area contributed by atoms with Gasteiger partial charge in [0.2, 0.25) is 0 Å². The molecule has 3 rings (SSSR count). The lowest BCUT2D eigenvalue weighted by atomic mass is 9.54. The molecule has 0 radical (unpaired) electrons. The summed E-state index contributed by atoms with van der Waals surface area (Å²) in [6, 6.07) is 1.11. The van der Waals surface area contributed by atoms with Crippen molar-refractivity contribution in [3.8, 4) is 0 Å². The van der Waals surface area contributed by atoms with Crippen molar-refractivity contribution >= 4 is 11.8 Å². The van der Waals surface area contributed by atoms with E-state index in [2.05, 4.69) is 11.6 Å². The van der Waals surface area contributed by atoms with Crippen LogP contribution in [0.5, 0.6) is 0 Å². The first kappa shape index (κ1) is 14.2. The zero-order valence-corrected chi connectivity index (χ0v) is 12.8. The topological polar surface area (TPSA) is 41.5 Å². The molecule has 1 aliphatic heterocycles. The van der Waals surface area contributed by atoms with Gasteiger partial charge in [-0.2, -0.15) is 11.8 Å². The first-order valence-electron chi connectivity index (χ1n) is 7.79. The van der Waals surface area contributed by atoms with Crippen molar-refractivity contribution in [3.63, 3.8) is 0 Å². The largest absolute Gasteiger partial charge is 0.396 e. The van der Waals surface area contributed by atoms with E-state index in [1.54, 1.807) is 0 Å². The molecule has 4 unspecified atom stereocenters. The summed E-state index contributed by atoms with van der Waals surface area (Å²) in [5, 5.41) is 13.1. The maximum absolute atomic E-state index is 9.24. The quantitative estimate of drug-likeness (QED) is 0.783. The lowest BCUT2D eigenvalue weighted by Crippen LogP contribution is -2.69. The van der Waals surface area contributed by atoms with Crippen molar-refractivity contribution in [1.29, 1.82) is 0 Å². The molecule has 1 spiro atoms. The van der Waals surface area contributed by atoms with Crippen LogP contribution in [0.3, 0.4) is 0 Å². The van der Waals surface area contributed by atoms with Gasteiger partial charge in [0.25, 0.3) is 0 Å². The van der Waals surface area contributed by atoms with E-state index < -0.39 is 0 Å². The third-order valence-electron chi connectivity index (χ3n) is 5.55. The molecule has 1 heterocycles. The average Bonchev–Trinajstić information content (AvgIpc) is 3.04. The zero-order valence-electron chi connectivity index (χ0n) is 11.9. The number of nitrogens with one attached hydrogen (secondary N) is 1. The van der Waals surface area contributed by atoms with Gasteiger partial charge in [-0.3, -0.25) is 0 Å². The van der Waals surface area contributed by atoms with E-state index in [0.717, 1.165) is 24.7 Å². The Kier molecular flexibility index (Phi) is 4.42. The van der Waals surface area contributed by atoms with E-state index in [9.17, 15) is 5.11 Å². The van der Waals surface area contributed by atoms with Gasteiger partial charge in [-0.25, -0.2) is 0 Å². The minimum atomic E-state index is 0.294. The van der Waals surface area contributed by atoms with Crippen LogP contribution in [0.2, 0.25) is 0 Å². The number of ether oxygens (including phenoxy) is 1. The van der Waals surface area contributed by atoms with Crippen LogP contribution in [0, 0.1) is 11.3 Å². The normalized spacial score (nSPS) is 37.3. The number of hydrogen-bond donors (Lipinski definition) is 2. The molecule has 19 heavy (non-hydrogen) atoms. The Morgan fingerprint density at radius 3 is 2.89 bits per heavy atom. The Morgan fingerprint density at radius 2 is 2.21 bits per heavy atom. The minimum Gasteiger partial charge on any atom is -0.396 e. The maximum Gasteiger partial charge on any atom is 0.0690 e. The van der Waals surface area contributed by atoms with Crippen LogP contribution in [-0.4, -0.2) is 48.5 Å². The molecule has 0 aromatic rings. The fraction of sp³-hybridized carbons (Fsp3) is 1.00. The molecule has 3 nitrogen and oxygen atoms in total. The standard InChI is InChI=1S/C15H27NO2S/c1-19-10-11(4-8-17)16-13-12-5-9-18-14(12)15(13)6-2-3-7-15/h11-14,16-17H,2-10H2,1H3. The van der Waals surface area contributed by atoms with Crippen LogP contribution in [0.15, 0.2) is 0 Å². The maximum atomic E-state index is 9.24. The van der Waals surface area contributed by atoms with Crippen LogP contribution >= 0.6 is 11.8 Å². The van der Waals surface area contributed by atoms with Gasteiger partial charge in [0.05, 0.1) is 6.10 Å². The zero-order chi connectivity index (χ0) is 13.3. The molecular formula is C15H27NO2S. The molecular weight excluding hydrogens is 258 g/mol. The van der Waals surface area contributed by atoms with Gasteiger partial charge in [-0.05, 0) is 31.9 Å². The fourth-order valence-electron chi connectivity index (χ4n) is 4.77. The van der Waals surface area contributed by atoms with Crippen molar-refractivity contribution in [3.05, 3.63) is 0 Å². The lowest BCUT2D eigenvalue weighted by Gasteiger charge is -2.58. The van der Waals surface area contributed by atoms with Gasteiger partial charge in [0.15, 0.2) is 0 Å². The number of rotatable bonds is 6. The Hall–Kier alpha value is 0.230. The van der Waals surface area contributed by atoms with Gasteiger partial charge < -0.3 is 15.2 Å². The van der Waals surface area contributed by atoms with Crippen molar-refractivity contribution in [2.75, 3.05) is 25.2 Å². The summed E-state index contributed by atoms with van der Waals surface area (Å²) in [4.78, 5) is 0. The summed E-state index contributed by atoms with van der Waals surface area (Å²) in [5.41, 5.74) is 0.438. The Morgan fingerprint density at radius 1 is 1.42 bits per heavy atom. The first-order valence-corrected chi connectivity index (χ1v) is 9.18. The van der Waals surface area contributed by atoms with E-state index in [1.807, 2.05) is 11.8 Å². The predicted molar refractivity (Wildman–Crippen MR) is 79.5 cm³/mol. The van der Waals surface area contributed by atoms with Crippen LogP contribution in [0.1, 0.15) is 38.5 Å². The SMILES string of the molecule is CSCC(CCO)NC1C2CCOC2C12CCCC2. The molecule has 0 amide bonds. The average molecular weight is 285 g/mol. The highest BCUT2D eigenvalue weighted by Crippen LogP contribution is 2.60. The monoisotopic (exact) mass is 285 g/mol. The van der Waals surface area contributed by atoms with Gasteiger partial charge in [-0.1, -0.05) is 12.8 Å². The summed E-state index contributed by atoms with van der Waals surface area (Å²) in [5.74, 6) is 1.84. The molecule has 0 aromatic heterocycles. The van der Waals surface area contributed by atoms with Gasteiger partial charge in [0, 0.05) is 42.4 Å². The summed E-state index contributed by atoms with van der Waals surface area (Å²) >= 11 is 1.88. The van der Waals surface area contributed by atoms with E-state index in [0.29, 0.717) is 30.2 Å². The third kappa shape index (κ3) is 2.35. The van der Waals surface area contributed by atoms with E-state index in [4.69, 9.17) is 4.74 Å². The highest BCUT2D eigenvalue weighted by atomic mass is 32.2. The van der Waals surface area contributed by atoms with Crippen LogP contribution in [0.4, 0.5) is 0 Å². The number of aliphatic hydroxyl groups excluding tert-OH is 1. The second-order valence-corrected chi connectivity index (χ2v) is 7.40. The molecule has 110 valence electrons. The van der Waals surface area contributed by atoms with E-state index in [1.165, 1.54) is 32.1 Å². The smallest absolute Gasteiger partial charge is 0.0690 e. The molecule has 0 aromatic carbocycles. The van der Waals surface area contributed by atoms with Gasteiger partial charge >= 0.3 is 0 Å². The third-order valence-corrected chi connectivity index (χ3v) is 6.28. The molecule has 2 N–H and O–H groups in total. The summed E-state index contributed by atoms with van der Waals surface area (Å²) in [7, 11) is 0. The number of fused-ring (bicyclic) bond motifs is 2. The van der Waals surface area contributed by atoms with Crippen LogP contribution < -0.4 is 5.32 Å². The molecule has 0 bridgehead atoms. The summed E-state index contributed by atoms with van der Waals surface area (Å²) in [6.07, 6.45) is 10.2. The van der Waals surface area contributed by atoms with Gasteiger partial charge in [-0.15, -0.1) is 0 Å². The molecule has 3 aliphatic rings. The molecule has 3 fully saturated rings. The summed E-state index contributed by atoms with van der Waals surface area (Å²) in [6.45, 7) is 1.25. The van der Waals surface area contributed by atoms with E-state index in [-0.39, 0.29) is 0 Å². The Bertz CT molecular complexity index is 301. The summed E-state index contributed by atoms with van der Waals surface area (Å²) < 4.78 is 6.03. The number of aliphatic hydroxyl groups is 1. The van der Waals surface area contributed by atoms with Gasteiger partial charge in [0.1, 0.15) is 0 Å². The van der Waals surface area contributed by atoms with Crippen LogP contribution in [-0.2, 0) is 4.74 Å². The van der Waals surface area contributed by atoms with E-state index >= 15 is 0 Å². The number of hydrogen-bond acceptors (Lipinski definition) is 4. The van der Waals surface area contributed by atoms with Crippen molar-refractivity contribution in [1.82, 2.24) is 5.32 Å². The van der Waals surface area contributed by atoms with Crippen molar-refractivity contribution in [2.45, 2.75) is 56.7 Å². The Balaban J connectivity index is 1.67. The molecule has 4 atom stereocenters. The molecule has 2 saturated carbocycles. The highest BCUT2D eigenvalue weighted by molar-refractivity contribution is 7.98. The fourth-order valence-corrected chi connectivity index (χ4v) is 5.43. The minimum absolute atomic E-state index is 0.294. The molecule has 2 aliphatic carbocycles. The number of thioether (sulfide) groups is 1. The highest BCUT2D eigenvalue weighted by Gasteiger charge is 2.64. The molecule has 4 heteroatoms. The first-order chi connectivity index (χ1) is 9.31. The second-order valence-electron chi connectivity index (χ2n) is 6.49. The van der Waals surface area contributed by atoms with Crippen molar-refractivity contribution in [2.24, 2.45) is 11.3 Å². The lowest BCUT2D eigenvalue weighted by molar-refractivity contribution is -0.133. The van der Waals surface area contributed by atoms with Crippen LogP contribution in [0.25, 0.3) is 0 Å².